The molecule has 0 aliphatic rings. The van der Waals surface area contributed by atoms with Gasteiger partial charge in [0.2, 0.25) is 17.7 Å². The second-order valence-electron chi connectivity index (χ2n) is 8.65. The minimum atomic E-state index is -1.19. The maximum Gasteiger partial charge on any atom is 0.325 e. The fraction of sp³-hybridized carbons (Fsp3) is 0.565. The Morgan fingerprint density at radius 3 is 1.88 bits per heavy atom. The molecule has 0 aliphatic carbocycles. The van der Waals surface area contributed by atoms with Crippen molar-refractivity contribution in [1.82, 2.24) is 16.0 Å². The zero-order chi connectivity index (χ0) is 25.3. The van der Waals surface area contributed by atoms with Crippen LogP contribution in [0.15, 0.2) is 24.3 Å². The van der Waals surface area contributed by atoms with Crippen molar-refractivity contribution < 1.29 is 29.4 Å². The average molecular weight is 465 g/mol. The number of phenols is 1. The minimum Gasteiger partial charge on any atom is -0.508 e. The maximum atomic E-state index is 13.0. The second-order valence-corrected chi connectivity index (χ2v) is 8.65. The molecule has 0 fully saturated rings. The summed E-state index contributed by atoms with van der Waals surface area (Å²) in [5, 5.41) is 26.1. The van der Waals surface area contributed by atoms with Gasteiger partial charge >= 0.3 is 5.97 Å². The highest BCUT2D eigenvalue weighted by Gasteiger charge is 2.33. The third-order valence-corrected chi connectivity index (χ3v) is 5.50. The molecule has 7 N–H and O–H groups in total. The molecule has 1 aromatic rings. The molecule has 184 valence electrons. The zero-order valence-electron chi connectivity index (χ0n) is 19.8. The molecule has 0 saturated carbocycles. The Kier molecular flexibility index (Phi) is 10.8. The number of carboxylic acid groups (broad SMARTS) is 1. The van der Waals surface area contributed by atoms with Gasteiger partial charge in [-0.25, -0.2) is 0 Å². The molecule has 0 radical (unpaired) electrons. The normalized spacial score (nSPS) is 15.6. The molecular formula is C23H36N4O6. The summed E-state index contributed by atoms with van der Waals surface area (Å²) in [4.78, 5) is 49.4. The van der Waals surface area contributed by atoms with Crippen molar-refractivity contribution in [3.8, 4) is 5.75 Å². The van der Waals surface area contributed by atoms with Gasteiger partial charge in [-0.15, -0.1) is 0 Å². The van der Waals surface area contributed by atoms with E-state index in [1.165, 1.54) is 19.1 Å². The molecule has 1 rings (SSSR count). The summed E-state index contributed by atoms with van der Waals surface area (Å²) in [6.07, 6.45) is 0.777. The highest BCUT2D eigenvalue weighted by molar-refractivity contribution is 5.94. The van der Waals surface area contributed by atoms with Gasteiger partial charge < -0.3 is 31.9 Å². The number of rotatable bonds is 12. The standard InChI is InChI=1S/C23H36N4O6/c1-6-13(4)19(22(31)25-14(5)23(32)33)27-21(30)18(12(2)3)26-20(29)17(24)11-15-7-9-16(28)10-8-15/h7-10,12-14,17-19,28H,6,11,24H2,1-5H3,(H,25,31)(H,26,29)(H,27,30)(H,32,33). The fourth-order valence-corrected chi connectivity index (χ4v) is 3.08. The zero-order valence-corrected chi connectivity index (χ0v) is 19.8. The number of aliphatic carboxylic acids is 1. The minimum absolute atomic E-state index is 0.103. The number of carboxylic acids is 1. The summed E-state index contributed by atoms with van der Waals surface area (Å²) in [5.41, 5.74) is 6.76. The molecular weight excluding hydrogens is 428 g/mol. The largest absolute Gasteiger partial charge is 0.508 e. The fourth-order valence-electron chi connectivity index (χ4n) is 3.08. The second kappa shape index (κ2) is 12.8. The van der Waals surface area contributed by atoms with E-state index in [0.717, 1.165) is 5.56 Å². The van der Waals surface area contributed by atoms with E-state index >= 15 is 0 Å². The molecule has 0 aromatic heterocycles. The van der Waals surface area contributed by atoms with Crippen molar-refractivity contribution in [2.24, 2.45) is 17.6 Å². The SMILES string of the molecule is CCC(C)C(NC(=O)C(NC(=O)C(N)Cc1ccc(O)cc1)C(C)C)C(=O)NC(C)C(=O)O. The van der Waals surface area contributed by atoms with Gasteiger partial charge in [0.05, 0.1) is 6.04 Å². The van der Waals surface area contributed by atoms with E-state index < -0.39 is 47.9 Å². The predicted octanol–water partition coefficient (Wildman–Crippen LogP) is 0.523. The molecule has 0 bridgehead atoms. The third-order valence-electron chi connectivity index (χ3n) is 5.50. The Balaban J connectivity index is 2.89. The van der Waals surface area contributed by atoms with Crippen molar-refractivity contribution in [3.05, 3.63) is 29.8 Å². The first-order valence-electron chi connectivity index (χ1n) is 11.0. The first-order valence-corrected chi connectivity index (χ1v) is 11.0. The maximum absolute atomic E-state index is 13.0. The average Bonchev–Trinajstić information content (AvgIpc) is 2.75. The van der Waals surface area contributed by atoms with E-state index in [1.54, 1.807) is 32.9 Å². The number of hydrogen-bond acceptors (Lipinski definition) is 6. The summed E-state index contributed by atoms with van der Waals surface area (Å²) in [6, 6.07) is 2.36. The van der Waals surface area contributed by atoms with Crippen LogP contribution in [0.1, 0.15) is 46.6 Å². The number of amides is 3. The van der Waals surface area contributed by atoms with Crippen molar-refractivity contribution in [2.45, 2.75) is 71.6 Å². The molecule has 10 heteroatoms. The molecule has 1 aromatic carbocycles. The Labute approximate surface area is 194 Å². The van der Waals surface area contributed by atoms with Crippen LogP contribution in [0.4, 0.5) is 0 Å². The van der Waals surface area contributed by atoms with Crippen LogP contribution in [-0.2, 0) is 25.6 Å². The number of carbonyl (C=O) groups is 4. The highest BCUT2D eigenvalue weighted by Crippen LogP contribution is 2.13. The molecule has 3 amide bonds. The van der Waals surface area contributed by atoms with Crippen molar-refractivity contribution in [3.63, 3.8) is 0 Å². The van der Waals surface area contributed by atoms with E-state index in [4.69, 9.17) is 10.8 Å². The lowest BCUT2D eigenvalue weighted by molar-refractivity contribution is -0.142. The van der Waals surface area contributed by atoms with Gasteiger partial charge in [0.15, 0.2) is 0 Å². The van der Waals surface area contributed by atoms with E-state index in [1.807, 2.05) is 6.92 Å². The van der Waals surface area contributed by atoms with Gasteiger partial charge in [0.25, 0.3) is 0 Å². The summed E-state index contributed by atoms with van der Waals surface area (Å²) in [6.45, 7) is 8.46. The quantitative estimate of drug-likeness (QED) is 0.262. The lowest BCUT2D eigenvalue weighted by Crippen LogP contribution is -2.59. The Morgan fingerprint density at radius 2 is 1.39 bits per heavy atom. The Hall–Kier alpha value is -3.14. The Bertz CT molecular complexity index is 827. The van der Waals surface area contributed by atoms with Gasteiger partial charge in [0.1, 0.15) is 23.9 Å². The van der Waals surface area contributed by atoms with Gasteiger partial charge in [0, 0.05) is 0 Å². The van der Waals surface area contributed by atoms with Crippen LogP contribution in [0.25, 0.3) is 0 Å². The van der Waals surface area contributed by atoms with Crippen molar-refractivity contribution >= 4 is 23.7 Å². The van der Waals surface area contributed by atoms with Crippen molar-refractivity contribution in [2.75, 3.05) is 0 Å². The molecule has 0 spiro atoms. The van der Waals surface area contributed by atoms with Crippen LogP contribution in [0.2, 0.25) is 0 Å². The highest BCUT2D eigenvalue weighted by atomic mass is 16.4. The number of nitrogens with two attached hydrogens (primary N) is 1. The molecule has 10 nitrogen and oxygen atoms in total. The molecule has 5 atom stereocenters. The van der Waals surface area contributed by atoms with E-state index in [2.05, 4.69) is 16.0 Å². The number of aromatic hydroxyl groups is 1. The number of nitrogens with one attached hydrogen (secondary N) is 3. The van der Waals surface area contributed by atoms with Gasteiger partial charge in [-0.1, -0.05) is 46.2 Å². The van der Waals surface area contributed by atoms with E-state index in [0.29, 0.717) is 6.42 Å². The van der Waals surface area contributed by atoms with Crippen molar-refractivity contribution in [1.29, 1.82) is 0 Å². The summed E-state index contributed by atoms with van der Waals surface area (Å²) in [7, 11) is 0. The molecule has 0 aliphatic heterocycles. The van der Waals surface area contributed by atoms with Crippen LogP contribution >= 0.6 is 0 Å². The topological polar surface area (TPSA) is 171 Å². The first kappa shape index (κ1) is 27.9. The van der Waals surface area contributed by atoms with Crippen LogP contribution in [0.3, 0.4) is 0 Å². The monoisotopic (exact) mass is 464 g/mol. The lowest BCUT2D eigenvalue weighted by Gasteiger charge is -2.29. The first-order chi connectivity index (χ1) is 15.4. The summed E-state index contributed by atoms with van der Waals surface area (Å²) >= 11 is 0. The van der Waals surface area contributed by atoms with Crippen LogP contribution < -0.4 is 21.7 Å². The summed E-state index contributed by atoms with van der Waals surface area (Å²) in [5.74, 6) is -3.34. The van der Waals surface area contributed by atoms with Crippen LogP contribution in [0, 0.1) is 11.8 Å². The molecule has 33 heavy (non-hydrogen) atoms. The third kappa shape index (κ3) is 8.72. The molecule has 0 saturated heterocycles. The van der Waals surface area contributed by atoms with E-state index in [-0.39, 0.29) is 24.0 Å². The van der Waals surface area contributed by atoms with Gasteiger partial charge in [-0.2, -0.15) is 0 Å². The molecule has 5 unspecified atom stereocenters. The van der Waals surface area contributed by atoms with Gasteiger partial charge in [-0.05, 0) is 42.9 Å². The van der Waals surface area contributed by atoms with Gasteiger partial charge in [-0.3, -0.25) is 19.2 Å². The number of hydrogen-bond donors (Lipinski definition) is 6. The van der Waals surface area contributed by atoms with Crippen LogP contribution in [0.5, 0.6) is 5.75 Å². The predicted molar refractivity (Wildman–Crippen MR) is 123 cm³/mol. The number of phenolic OH excluding ortho intramolecular Hbond substituents is 1. The Morgan fingerprint density at radius 1 is 0.879 bits per heavy atom. The lowest BCUT2D eigenvalue weighted by atomic mass is 9.96. The molecule has 0 heterocycles. The van der Waals surface area contributed by atoms with Crippen LogP contribution in [-0.4, -0.2) is 58.1 Å². The number of carbonyl (C=O) groups excluding carboxylic acids is 3. The van der Waals surface area contributed by atoms with E-state index in [9.17, 15) is 24.3 Å². The smallest absolute Gasteiger partial charge is 0.325 e. The summed E-state index contributed by atoms with van der Waals surface area (Å²) < 4.78 is 0. The number of benzene rings is 1.